The number of nitrogens with zero attached hydrogens (tertiary/aromatic N) is 2. The van der Waals surface area contributed by atoms with Gasteiger partial charge < -0.3 is 14.4 Å². The fraction of sp³-hybridized carbons (Fsp3) is 0.286. The van der Waals surface area contributed by atoms with E-state index >= 15 is 0 Å². The Kier molecular flexibility index (Phi) is 6.35. The van der Waals surface area contributed by atoms with Gasteiger partial charge in [-0.1, -0.05) is 12.1 Å². The molecular weight excluding hydrogens is 434 g/mol. The number of ether oxygens (including phenoxy) is 1. The number of halogens is 2. The van der Waals surface area contributed by atoms with Crippen LogP contribution in [0.4, 0.5) is 8.78 Å². The van der Waals surface area contributed by atoms with Crippen LogP contribution >= 0.6 is 0 Å². The van der Waals surface area contributed by atoms with Crippen molar-refractivity contribution < 1.29 is 18.6 Å². The van der Waals surface area contributed by atoms with Gasteiger partial charge in [0.15, 0.2) is 0 Å². The molecule has 176 valence electrons. The minimum atomic E-state index is -0.513. The third-order valence-corrected chi connectivity index (χ3v) is 6.73. The lowest BCUT2D eigenvalue weighted by molar-refractivity contribution is 0.153. The Bertz CT molecular complexity index is 1280. The first-order valence-corrected chi connectivity index (χ1v) is 11.7. The fourth-order valence-corrected chi connectivity index (χ4v) is 4.96. The van der Waals surface area contributed by atoms with Crippen molar-refractivity contribution in [2.24, 2.45) is 0 Å². The Labute approximate surface area is 198 Å². The van der Waals surface area contributed by atoms with Gasteiger partial charge in [-0.25, -0.2) is 8.78 Å². The molecule has 1 atom stereocenters. The van der Waals surface area contributed by atoms with Gasteiger partial charge in [-0.15, -0.1) is 0 Å². The second-order valence-electron chi connectivity index (χ2n) is 8.86. The summed E-state index contributed by atoms with van der Waals surface area (Å²) in [6, 6.07) is 18.9. The smallest absolute Gasteiger partial charge is 0.123 e. The van der Waals surface area contributed by atoms with Gasteiger partial charge in [-0.05, 0) is 85.1 Å². The normalized spacial score (nSPS) is 14.8. The molecule has 1 aliphatic rings. The van der Waals surface area contributed by atoms with Gasteiger partial charge in [0.05, 0.1) is 18.7 Å². The number of aliphatic hydroxyl groups excluding tert-OH is 1. The van der Waals surface area contributed by atoms with Crippen LogP contribution in [0.3, 0.4) is 0 Å². The van der Waals surface area contributed by atoms with Crippen molar-refractivity contribution >= 4 is 10.9 Å². The number of hydrogen-bond acceptors (Lipinski definition) is 3. The van der Waals surface area contributed by atoms with E-state index in [4.69, 9.17) is 4.74 Å². The van der Waals surface area contributed by atoms with Gasteiger partial charge in [0.1, 0.15) is 17.4 Å². The predicted molar refractivity (Wildman–Crippen MR) is 129 cm³/mol. The average Bonchev–Trinajstić information content (AvgIpc) is 3.17. The maximum atomic E-state index is 14.2. The SMILES string of the molecule is COc1ccc(C(O)CCCN2CCc3c(c4cc(F)ccc4n3-c3ccc(F)cc3)C2)cc1. The third kappa shape index (κ3) is 4.43. The first-order valence-electron chi connectivity index (χ1n) is 11.7. The monoisotopic (exact) mass is 462 g/mol. The first kappa shape index (κ1) is 22.6. The number of rotatable bonds is 7. The van der Waals surface area contributed by atoms with E-state index in [1.54, 1.807) is 25.3 Å². The van der Waals surface area contributed by atoms with E-state index in [-0.39, 0.29) is 11.6 Å². The Hall–Kier alpha value is -3.22. The van der Waals surface area contributed by atoms with Crippen molar-refractivity contribution in [2.75, 3.05) is 20.2 Å². The molecule has 0 bridgehead atoms. The van der Waals surface area contributed by atoms with Crippen LogP contribution in [0.25, 0.3) is 16.6 Å². The number of hydrogen-bond donors (Lipinski definition) is 1. The third-order valence-electron chi connectivity index (χ3n) is 6.73. The van der Waals surface area contributed by atoms with Gasteiger partial charge in [-0.3, -0.25) is 4.90 Å². The molecule has 0 saturated carbocycles. The molecule has 0 saturated heterocycles. The van der Waals surface area contributed by atoms with E-state index in [0.717, 1.165) is 71.6 Å². The molecule has 1 aliphatic heterocycles. The second-order valence-corrected chi connectivity index (χ2v) is 8.86. The molecule has 0 aliphatic carbocycles. The quantitative estimate of drug-likeness (QED) is 0.378. The zero-order valence-electron chi connectivity index (χ0n) is 19.2. The summed E-state index contributed by atoms with van der Waals surface area (Å²) in [6.07, 6.45) is 1.83. The molecule has 0 spiro atoms. The Morgan fingerprint density at radius 2 is 1.71 bits per heavy atom. The van der Waals surface area contributed by atoms with Crippen LogP contribution in [0.1, 0.15) is 35.8 Å². The molecular formula is C28H28F2N2O2. The summed E-state index contributed by atoms with van der Waals surface area (Å²) in [5.74, 6) is 0.241. The lowest BCUT2D eigenvalue weighted by atomic mass is 10.0. The number of aliphatic hydroxyl groups is 1. The minimum Gasteiger partial charge on any atom is -0.497 e. The largest absolute Gasteiger partial charge is 0.497 e. The predicted octanol–water partition coefficient (Wildman–Crippen LogP) is 5.79. The topological polar surface area (TPSA) is 37.6 Å². The van der Waals surface area contributed by atoms with Crippen LogP contribution in [-0.2, 0) is 13.0 Å². The highest BCUT2D eigenvalue weighted by Crippen LogP contribution is 2.34. The maximum absolute atomic E-state index is 14.2. The fourth-order valence-electron chi connectivity index (χ4n) is 4.96. The molecule has 0 radical (unpaired) electrons. The molecule has 0 amide bonds. The van der Waals surface area contributed by atoms with Crippen molar-refractivity contribution in [3.8, 4) is 11.4 Å². The number of methoxy groups -OCH3 is 1. The van der Waals surface area contributed by atoms with Crippen LogP contribution < -0.4 is 4.74 Å². The van der Waals surface area contributed by atoms with Gasteiger partial charge in [0.25, 0.3) is 0 Å². The van der Waals surface area contributed by atoms with E-state index in [9.17, 15) is 13.9 Å². The molecule has 1 unspecified atom stereocenters. The summed E-state index contributed by atoms with van der Waals surface area (Å²) in [4.78, 5) is 2.36. The highest BCUT2D eigenvalue weighted by molar-refractivity contribution is 5.87. The van der Waals surface area contributed by atoms with E-state index in [1.807, 2.05) is 30.3 Å². The molecule has 2 heterocycles. The molecule has 1 aromatic heterocycles. The molecule has 4 nitrogen and oxygen atoms in total. The lowest BCUT2D eigenvalue weighted by Gasteiger charge is -2.28. The summed E-state index contributed by atoms with van der Waals surface area (Å²) in [6.45, 7) is 2.46. The molecule has 5 rings (SSSR count). The van der Waals surface area contributed by atoms with Gasteiger partial charge in [0, 0.05) is 36.3 Å². The van der Waals surface area contributed by atoms with E-state index in [1.165, 1.54) is 18.2 Å². The highest BCUT2D eigenvalue weighted by atomic mass is 19.1. The zero-order chi connectivity index (χ0) is 23.7. The van der Waals surface area contributed by atoms with E-state index in [0.29, 0.717) is 6.42 Å². The van der Waals surface area contributed by atoms with Crippen molar-refractivity contribution in [1.82, 2.24) is 9.47 Å². The summed E-state index contributed by atoms with van der Waals surface area (Å²) in [7, 11) is 1.63. The number of aromatic nitrogens is 1. The summed E-state index contributed by atoms with van der Waals surface area (Å²) < 4.78 is 35.0. The van der Waals surface area contributed by atoms with Crippen LogP contribution in [0.2, 0.25) is 0 Å². The van der Waals surface area contributed by atoms with Gasteiger partial charge >= 0.3 is 0 Å². The van der Waals surface area contributed by atoms with Crippen LogP contribution in [0, 0.1) is 11.6 Å². The van der Waals surface area contributed by atoms with Crippen molar-refractivity contribution in [2.45, 2.75) is 31.9 Å². The number of fused-ring (bicyclic) bond motifs is 3. The zero-order valence-corrected chi connectivity index (χ0v) is 19.2. The van der Waals surface area contributed by atoms with Crippen molar-refractivity contribution in [1.29, 1.82) is 0 Å². The first-order chi connectivity index (χ1) is 16.5. The standard InChI is InChI=1S/C28H28F2N2O2/c1-34-23-11-4-19(5-12-23)28(33)3-2-15-31-16-14-27-25(18-31)24-17-21(30)8-13-26(24)32(27)22-9-6-20(29)7-10-22/h4-13,17,28,33H,2-3,14-16,18H2,1H3. The number of benzene rings is 3. The Morgan fingerprint density at radius 3 is 2.44 bits per heavy atom. The lowest BCUT2D eigenvalue weighted by Crippen LogP contribution is -2.32. The van der Waals surface area contributed by atoms with E-state index < -0.39 is 6.10 Å². The minimum absolute atomic E-state index is 0.258. The highest BCUT2D eigenvalue weighted by Gasteiger charge is 2.25. The van der Waals surface area contributed by atoms with Crippen molar-refractivity contribution in [3.05, 3.63) is 95.2 Å². The van der Waals surface area contributed by atoms with Gasteiger partial charge in [-0.2, -0.15) is 0 Å². The second kappa shape index (κ2) is 9.57. The van der Waals surface area contributed by atoms with Crippen LogP contribution in [-0.4, -0.2) is 34.8 Å². The Balaban J connectivity index is 1.32. The summed E-state index contributed by atoms with van der Waals surface area (Å²) in [5, 5.41) is 11.5. The van der Waals surface area contributed by atoms with E-state index in [2.05, 4.69) is 9.47 Å². The van der Waals surface area contributed by atoms with Crippen molar-refractivity contribution in [3.63, 3.8) is 0 Å². The summed E-state index contributed by atoms with van der Waals surface area (Å²) >= 11 is 0. The van der Waals surface area contributed by atoms with Crippen LogP contribution in [0.5, 0.6) is 5.75 Å². The van der Waals surface area contributed by atoms with Gasteiger partial charge in [0.2, 0.25) is 0 Å². The average molecular weight is 463 g/mol. The maximum Gasteiger partial charge on any atom is 0.123 e. The molecule has 6 heteroatoms. The molecule has 0 fully saturated rings. The molecule has 1 N–H and O–H groups in total. The van der Waals surface area contributed by atoms with Crippen LogP contribution in [0.15, 0.2) is 66.7 Å². The molecule has 4 aromatic rings. The molecule has 34 heavy (non-hydrogen) atoms. The summed E-state index contributed by atoms with van der Waals surface area (Å²) in [5.41, 5.74) is 4.99. The Morgan fingerprint density at radius 1 is 0.971 bits per heavy atom. The molecule has 3 aromatic carbocycles.